The lowest BCUT2D eigenvalue weighted by molar-refractivity contribution is -0.113. The van der Waals surface area contributed by atoms with E-state index in [4.69, 9.17) is 5.73 Å². The van der Waals surface area contributed by atoms with E-state index < -0.39 is 5.91 Å². The van der Waals surface area contributed by atoms with Gasteiger partial charge in [0.15, 0.2) is 0 Å². The van der Waals surface area contributed by atoms with Crippen LogP contribution >= 0.6 is 0 Å². The SMILES string of the molecule is Cc1cc(O)c(/C=C/C(N)=O)cc1N(C)C. The van der Waals surface area contributed by atoms with E-state index in [2.05, 4.69) is 0 Å². The van der Waals surface area contributed by atoms with Crippen molar-refractivity contribution in [3.05, 3.63) is 29.3 Å². The summed E-state index contributed by atoms with van der Waals surface area (Å²) in [6, 6.07) is 3.47. The summed E-state index contributed by atoms with van der Waals surface area (Å²) in [7, 11) is 3.84. The predicted molar refractivity (Wildman–Crippen MR) is 65.4 cm³/mol. The van der Waals surface area contributed by atoms with Crippen molar-refractivity contribution in [2.45, 2.75) is 6.92 Å². The lowest BCUT2D eigenvalue weighted by Gasteiger charge is -2.16. The van der Waals surface area contributed by atoms with Gasteiger partial charge in [0.1, 0.15) is 5.75 Å². The van der Waals surface area contributed by atoms with Gasteiger partial charge < -0.3 is 15.7 Å². The smallest absolute Gasteiger partial charge is 0.241 e. The molecular weight excluding hydrogens is 204 g/mol. The van der Waals surface area contributed by atoms with Gasteiger partial charge in [-0.25, -0.2) is 0 Å². The first-order valence-electron chi connectivity index (χ1n) is 4.90. The molecule has 0 saturated heterocycles. The van der Waals surface area contributed by atoms with Crippen LogP contribution in [0.4, 0.5) is 5.69 Å². The molecule has 1 amide bonds. The van der Waals surface area contributed by atoms with Crippen molar-refractivity contribution < 1.29 is 9.90 Å². The summed E-state index contributed by atoms with van der Waals surface area (Å²) < 4.78 is 0. The van der Waals surface area contributed by atoms with E-state index in [1.54, 1.807) is 6.07 Å². The van der Waals surface area contributed by atoms with Gasteiger partial charge in [0.25, 0.3) is 0 Å². The molecule has 86 valence electrons. The second kappa shape index (κ2) is 4.70. The molecule has 0 aliphatic carbocycles. The third-order valence-corrected chi connectivity index (χ3v) is 2.25. The molecule has 0 aliphatic rings. The standard InChI is InChI=1S/C12H16N2O2/c1-8-6-11(15)9(4-5-12(13)16)7-10(8)14(2)3/h4-7,15H,1-3H3,(H2,13,16)/b5-4+. The first-order valence-corrected chi connectivity index (χ1v) is 4.90. The molecule has 0 bridgehead atoms. The molecule has 0 unspecified atom stereocenters. The van der Waals surface area contributed by atoms with E-state index in [0.29, 0.717) is 5.56 Å². The van der Waals surface area contributed by atoms with Crippen LogP contribution in [-0.2, 0) is 4.79 Å². The van der Waals surface area contributed by atoms with Crippen LogP contribution < -0.4 is 10.6 Å². The van der Waals surface area contributed by atoms with E-state index in [1.807, 2.05) is 32.0 Å². The second-order valence-electron chi connectivity index (χ2n) is 3.83. The van der Waals surface area contributed by atoms with Crippen LogP contribution in [0, 0.1) is 6.92 Å². The van der Waals surface area contributed by atoms with Crippen LogP contribution in [0.3, 0.4) is 0 Å². The highest BCUT2D eigenvalue weighted by atomic mass is 16.3. The lowest BCUT2D eigenvalue weighted by atomic mass is 10.1. The van der Waals surface area contributed by atoms with E-state index >= 15 is 0 Å². The fourth-order valence-corrected chi connectivity index (χ4v) is 1.48. The number of nitrogens with two attached hydrogens (primary N) is 1. The zero-order valence-electron chi connectivity index (χ0n) is 9.69. The number of phenolic OH excluding ortho intramolecular Hbond substituents is 1. The summed E-state index contributed by atoms with van der Waals surface area (Å²) >= 11 is 0. The molecule has 0 saturated carbocycles. The Bertz CT molecular complexity index is 437. The molecule has 4 heteroatoms. The number of primary amides is 1. The number of hydrogen-bond acceptors (Lipinski definition) is 3. The van der Waals surface area contributed by atoms with Gasteiger partial charge in [0.05, 0.1) is 0 Å². The van der Waals surface area contributed by atoms with Crippen LogP contribution in [0.15, 0.2) is 18.2 Å². The van der Waals surface area contributed by atoms with Gasteiger partial charge in [-0.05, 0) is 30.7 Å². The third kappa shape index (κ3) is 2.76. The molecule has 0 heterocycles. The first-order chi connectivity index (χ1) is 7.41. The number of carbonyl (C=O) groups excluding carboxylic acids is 1. The predicted octanol–water partition coefficient (Wildman–Crippen LogP) is 1.27. The van der Waals surface area contributed by atoms with Crippen molar-refractivity contribution in [3.63, 3.8) is 0 Å². The Hall–Kier alpha value is -1.97. The largest absolute Gasteiger partial charge is 0.507 e. The van der Waals surface area contributed by atoms with Crippen molar-refractivity contribution in [3.8, 4) is 5.75 Å². The maximum atomic E-state index is 10.6. The van der Waals surface area contributed by atoms with Gasteiger partial charge in [-0.15, -0.1) is 0 Å². The molecule has 0 aliphatic heterocycles. The minimum atomic E-state index is -0.536. The Kier molecular flexibility index (Phi) is 3.55. The van der Waals surface area contributed by atoms with Crippen molar-refractivity contribution in [2.24, 2.45) is 5.73 Å². The number of hydrogen-bond donors (Lipinski definition) is 2. The summed E-state index contributed by atoms with van der Waals surface area (Å²) in [5.74, 6) is -0.396. The van der Waals surface area contributed by atoms with Gasteiger partial charge in [-0.2, -0.15) is 0 Å². The summed E-state index contributed by atoms with van der Waals surface area (Å²) in [6.45, 7) is 1.91. The molecular formula is C12H16N2O2. The number of carbonyl (C=O) groups is 1. The number of anilines is 1. The van der Waals surface area contributed by atoms with Crippen LogP contribution in [0.25, 0.3) is 6.08 Å². The average molecular weight is 220 g/mol. The van der Waals surface area contributed by atoms with Crippen molar-refractivity contribution >= 4 is 17.7 Å². The lowest BCUT2D eigenvalue weighted by Crippen LogP contribution is -2.10. The number of aryl methyl sites for hydroxylation is 1. The van der Waals surface area contributed by atoms with Crippen molar-refractivity contribution in [1.29, 1.82) is 0 Å². The van der Waals surface area contributed by atoms with Crippen molar-refractivity contribution in [1.82, 2.24) is 0 Å². The number of amides is 1. The molecule has 0 spiro atoms. The molecule has 0 aromatic heterocycles. The van der Waals surface area contributed by atoms with Gasteiger partial charge in [-0.3, -0.25) is 4.79 Å². The number of phenols is 1. The zero-order valence-corrected chi connectivity index (χ0v) is 9.69. The fourth-order valence-electron chi connectivity index (χ4n) is 1.48. The Morgan fingerprint density at radius 3 is 2.56 bits per heavy atom. The topological polar surface area (TPSA) is 66.6 Å². The highest BCUT2D eigenvalue weighted by Gasteiger charge is 2.06. The molecule has 1 aromatic rings. The second-order valence-corrected chi connectivity index (χ2v) is 3.83. The van der Waals surface area contributed by atoms with Crippen LogP contribution in [0.2, 0.25) is 0 Å². The molecule has 1 aromatic carbocycles. The molecule has 0 radical (unpaired) electrons. The van der Waals surface area contributed by atoms with E-state index in [1.165, 1.54) is 12.2 Å². The Balaban J connectivity index is 3.19. The summed E-state index contributed by atoms with van der Waals surface area (Å²) in [4.78, 5) is 12.6. The van der Waals surface area contributed by atoms with E-state index in [-0.39, 0.29) is 5.75 Å². The Morgan fingerprint density at radius 1 is 1.44 bits per heavy atom. The summed E-state index contributed by atoms with van der Waals surface area (Å²) in [5, 5.41) is 9.69. The van der Waals surface area contributed by atoms with Gasteiger partial charge >= 0.3 is 0 Å². The van der Waals surface area contributed by atoms with Gasteiger partial charge in [0, 0.05) is 31.4 Å². The van der Waals surface area contributed by atoms with E-state index in [0.717, 1.165) is 11.3 Å². The highest BCUT2D eigenvalue weighted by molar-refractivity contribution is 5.91. The maximum absolute atomic E-state index is 10.6. The van der Waals surface area contributed by atoms with Gasteiger partial charge in [-0.1, -0.05) is 0 Å². The molecule has 4 nitrogen and oxygen atoms in total. The monoisotopic (exact) mass is 220 g/mol. The Morgan fingerprint density at radius 2 is 2.06 bits per heavy atom. The van der Waals surface area contributed by atoms with Crippen LogP contribution in [0.5, 0.6) is 5.75 Å². The molecule has 0 fully saturated rings. The number of benzene rings is 1. The number of aromatic hydroxyl groups is 1. The van der Waals surface area contributed by atoms with Gasteiger partial charge in [0.2, 0.25) is 5.91 Å². The molecule has 16 heavy (non-hydrogen) atoms. The molecule has 1 rings (SSSR count). The van der Waals surface area contributed by atoms with Crippen molar-refractivity contribution in [2.75, 3.05) is 19.0 Å². The van der Waals surface area contributed by atoms with Crippen LogP contribution in [-0.4, -0.2) is 25.1 Å². The number of rotatable bonds is 3. The molecule has 3 N–H and O–H groups in total. The summed E-state index contributed by atoms with van der Waals surface area (Å²) in [5.41, 5.74) is 7.54. The maximum Gasteiger partial charge on any atom is 0.241 e. The van der Waals surface area contributed by atoms with E-state index in [9.17, 15) is 9.90 Å². The quantitative estimate of drug-likeness (QED) is 0.754. The summed E-state index contributed by atoms with van der Waals surface area (Å²) in [6.07, 6.45) is 2.73. The average Bonchev–Trinajstić information content (AvgIpc) is 2.15. The minimum absolute atomic E-state index is 0.139. The third-order valence-electron chi connectivity index (χ3n) is 2.25. The van der Waals surface area contributed by atoms with Crippen LogP contribution in [0.1, 0.15) is 11.1 Å². The first kappa shape index (κ1) is 12.1. The molecule has 0 atom stereocenters. The normalized spacial score (nSPS) is 10.7. The highest BCUT2D eigenvalue weighted by Crippen LogP contribution is 2.28. The minimum Gasteiger partial charge on any atom is -0.507 e. The fraction of sp³-hybridized carbons (Fsp3) is 0.250. The Labute approximate surface area is 95.0 Å². The number of nitrogens with zero attached hydrogens (tertiary/aromatic N) is 1. The zero-order chi connectivity index (χ0) is 12.3.